The average Bonchev–Trinajstić information content (AvgIpc) is 3.25. The largest absolute Gasteiger partial charge is 0.359 e. The molecule has 0 aliphatic carbocycles. The van der Waals surface area contributed by atoms with Gasteiger partial charge in [-0.15, -0.1) is 11.3 Å². The third-order valence-corrected chi connectivity index (χ3v) is 6.39. The molecule has 1 aromatic heterocycles. The Kier molecular flexibility index (Phi) is 5.71. The molecule has 0 spiro atoms. The van der Waals surface area contributed by atoms with E-state index in [0.717, 1.165) is 21.7 Å². The van der Waals surface area contributed by atoms with Crippen LogP contribution in [0, 0.1) is 5.92 Å². The van der Waals surface area contributed by atoms with Crippen LogP contribution in [0.15, 0.2) is 60.7 Å². The number of aromatic nitrogens is 1. The number of piperidine rings is 1. The molecule has 0 unspecified atom stereocenters. The van der Waals surface area contributed by atoms with Gasteiger partial charge in [-0.05, 0) is 18.4 Å². The lowest BCUT2D eigenvalue weighted by Gasteiger charge is -2.30. The molecule has 0 saturated carbocycles. The normalized spacial score (nSPS) is 14.6. The Balaban J connectivity index is 1.62. The molecule has 2 aromatic carbocycles. The summed E-state index contributed by atoms with van der Waals surface area (Å²) in [6.07, 6.45) is 1.38. The lowest BCUT2D eigenvalue weighted by molar-refractivity contribution is -0.125. The summed E-state index contributed by atoms with van der Waals surface area (Å²) < 4.78 is 0. The maximum atomic E-state index is 13.1. The smallest absolute Gasteiger partial charge is 0.282 e. The molecule has 3 aromatic rings. The summed E-state index contributed by atoms with van der Waals surface area (Å²) in [5.41, 5.74) is 2.90. The van der Waals surface area contributed by atoms with Gasteiger partial charge in [0.2, 0.25) is 5.91 Å². The second-order valence-corrected chi connectivity index (χ2v) is 8.11. The molecule has 1 fully saturated rings. The number of hydrogen-bond acceptors (Lipinski definition) is 4. The van der Waals surface area contributed by atoms with Gasteiger partial charge in [-0.3, -0.25) is 9.59 Å². The van der Waals surface area contributed by atoms with E-state index in [4.69, 9.17) is 4.98 Å². The van der Waals surface area contributed by atoms with E-state index in [1.54, 1.807) is 7.05 Å². The van der Waals surface area contributed by atoms with Gasteiger partial charge in [0, 0.05) is 31.6 Å². The Bertz CT molecular complexity index is 936. The molecule has 148 valence electrons. The zero-order chi connectivity index (χ0) is 20.2. The van der Waals surface area contributed by atoms with Crippen LogP contribution in [0.2, 0.25) is 0 Å². The number of rotatable bonds is 4. The van der Waals surface area contributed by atoms with Gasteiger partial charge in [-0.25, -0.2) is 4.98 Å². The lowest BCUT2D eigenvalue weighted by atomic mass is 9.96. The zero-order valence-electron chi connectivity index (χ0n) is 16.3. The highest BCUT2D eigenvalue weighted by Crippen LogP contribution is 2.37. The van der Waals surface area contributed by atoms with Crippen LogP contribution in [-0.2, 0) is 4.79 Å². The Morgan fingerprint density at radius 3 is 2.14 bits per heavy atom. The van der Waals surface area contributed by atoms with Crippen molar-refractivity contribution in [1.82, 2.24) is 15.2 Å². The number of carbonyl (C=O) groups is 2. The van der Waals surface area contributed by atoms with Crippen LogP contribution in [-0.4, -0.2) is 41.8 Å². The molecule has 5 nitrogen and oxygen atoms in total. The molecule has 1 aliphatic heterocycles. The second-order valence-electron chi connectivity index (χ2n) is 7.11. The topological polar surface area (TPSA) is 62.3 Å². The van der Waals surface area contributed by atoms with Gasteiger partial charge in [0.15, 0.2) is 5.01 Å². The molecule has 0 atom stereocenters. The predicted octanol–water partition coefficient (Wildman–Crippen LogP) is 4.08. The van der Waals surface area contributed by atoms with Gasteiger partial charge in [0.1, 0.15) is 0 Å². The van der Waals surface area contributed by atoms with E-state index < -0.39 is 0 Å². The van der Waals surface area contributed by atoms with Gasteiger partial charge in [-0.1, -0.05) is 60.7 Å². The number of likely N-dealkylation sites (tertiary alicyclic amines) is 1. The monoisotopic (exact) mass is 405 g/mol. The maximum Gasteiger partial charge on any atom is 0.282 e. The van der Waals surface area contributed by atoms with Crippen molar-refractivity contribution in [3.63, 3.8) is 0 Å². The average molecular weight is 406 g/mol. The summed E-state index contributed by atoms with van der Waals surface area (Å²) in [5, 5.41) is 3.21. The fraction of sp³-hybridized carbons (Fsp3) is 0.261. The maximum absolute atomic E-state index is 13.1. The number of hydrogen-bond donors (Lipinski definition) is 1. The van der Waals surface area contributed by atoms with Crippen molar-refractivity contribution in [2.24, 2.45) is 5.92 Å². The molecular formula is C23H23N3O2S. The zero-order valence-corrected chi connectivity index (χ0v) is 17.1. The van der Waals surface area contributed by atoms with E-state index in [0.29, 0.717) is 30.9 Å². The third-order valence-electron chi connectivity index (χ3n) is 5.29. The van der Waals surface area contributed by atoms with Gasteiger partial charge in [0.05, 0.1) is 10.6 Å². The highest BCUT2D eigenvalue weighted by molar-refractivity contribution is 7.17. The van der Waals surface area contributed by atoms with Crippen molar-refractivity contribution in [2.75, 3.05) is 20.1 Å². The standard InChI is InChI=1S/C23H23N3O2S/c1-24-21(27)18-12-14-26(15-13-18)23(28)22-25-19(16-8-4-2-5-9-16)20(29-22)17-10-6-3-7-11-17/h2-11,18H,12-15H2,1H3,(H,24,27). The minimum atomic E-state index is -0.0512. The van der Waals surface area contributed by atoms with Crippen molar-refractivity contribution >= 4 is 23.2 Å². The van der Waals surface area contributed by atoms with Gasteiger partial charge < -0.3 is 10.2 Å². The highest BCUT2D eigenvalue weighted by atomic mass is 32.1. The van der Waals surface area contributed by atoms with Crippen LogP contribution in [0.5, 0.6) is 0 Å². The third kappa shape index (κ3) is 4.07. The van der Waals surface area contributed by atoms with Crippen LogP contribution in [0.3, 0.4) is 0 Å². The number of thiazole rings is 1. The quantitative estimate of drug-likeness (QED) is 0.712. The van der Waals surface area contributed by atoms with Crippen molar-refractivity contribution in [3.8, 4) is 21.7 Å². The minimum absolute atomic E-state index is 0.0138. The van der Waals surface area contributed by atoms with Crippen molar-refractivity contribution in [1.29, 1.82) is 0 Å². The van der Waals surface area contributed by atoms with E-state index in [-0.39, 0.29) is 17.7 Å². The fourth-order valence-electron chi connectivity index (χ4n) is 3.67. The first-order valence-electron chi connectivity index (χ1n) is 9.80. The Hall–Kier alpha value is -2.99. The van der Waals surface area contributed by atoms with Gasteiger partial charge in [-0.2, -0.15) is 0 Å². The number of carbonyl (C=O) groups excluding carboxylic acids is 2. The Labute approximate surface area is 174 Å². The molecule has 29 heavy (non-hydrogen) atoms. The van der Waals surface area contributed by atoms with Crippen LogP contribution >= 0.6 is 11.3 Å². The Morgan fingerprint density at radius 2 is 1.55 bits per heavy atom. The predicted molar refractivity (Wildman–Crippen MR) is 116 cm³/mol. The molecule has 1 aliphatic rings. The van der Waals surface area contributed by atoms with Crippen molar-refractivity contribution in [2.45, 2.75) is 12.8 Å². The first-order valence-corrected chi connectivity index (χ1v) is 10.6. The lowest BCUT2D eigenvalue weighted by Crippen LogP contribution is -2.42. The van der Waals surface area contributed by atoms with E-state index in [1.807, 2.05) is 65.6 Å². The molecule has 0 radical (unpaired) electrons. The number of amides is 2. The number of nitrogens with one attached hydrogen (secondary N) is 1. The van der Waals surface area contributed by atoms with Gasteiger partial charge in [0.25, 0.3) is 5.91 Å². The van der Waals surface area contributed by atoms with Gasteiger partial charge >= 0.3 is 0 Å². The van der Waals surface area contributed by atoms with E-state index >= 15 is 0 Å². The Morgan fingerprint density at radius 1 is 0.966 bits per heavy atom. The minimum Gasteiger partial charge on any atom is -0.359 e. The first-order chi connectivity index (χ1) is 14.2. The summed E-state index contributed by atoms with van der Waals surface area (Å²) in [4.78, 5) is 32.6. The van der Waals surface area contributed by atoms with Crippen LogP contribution < -0.4 is 5.32 Å². The van der Waals surface area contributed by atoms with E-state index in [2.05, 4.69) is 5.32 Å². The first kappa shape index (κ1) is 19.3. The molecule has 6 heteroatoms. The molecule has 1 N–H and O–H groups in total. The van der Waals surface area contributed by atoms with Crippen LogP contribution in [0.1, 0.15) is 22.6 Å². The van der Waals surface area contributed by atoms with E-state index in [1.165, 1.54) is 11.3 Å². The van der Waals surface area contributed by atoms with Crippen molar-refractivity contribution < 1.29 is 9.59 Å². The molecule has 1 saturated heterocycles. The number of benzene rings is 2. The number of nitrogens with zero attached hydrogens (tertiary/aromatic N) is 2. The highest BCUT2D eigenvalue weighted by Gasteiger charge is 2.29. The second kappa shape index (κ2) is 8.57. The summed E-state index contributed by atoms with van der Waals surface area (Å²) in [6.45, 7) is 1.16. The molecule has 4 rings (SSSR count). The molecule has 2 heterocycles. The molecular weight excluding hydrogens is 382 g/mol. The fourth-order valence-corrected chi connectivity index (χ4v) is 4.73. The van der Waals surface area contributed by atoms with Crippen LogP contribution in [0.25, 0.3) is 21.7 Å². The summed E-state index contributed by atoms with van der Waals surface area (Å²) >= 11 is 1.44. The van der Waals surface area contributed by atoms with Crippen LogP contribution in [0.4, 0.5) is 0 Å². The van der Waals surface area contributed by atoms with Crippen molar-refractivity contribution in [3.05, 3.63) is 65.7 Å². The SMILES string of the molecule is CNC(=O)C1CCN(C(=O)c2nc(-c3ccccc3)c(-c3ccccc3)s2)CC1. The molecule has 2 amide bonds. The molecule has 0 bridgehead atoms. The summed E-state index contributed by atoms with van der Waals surface area (Å²) in [7, 11) is 1.66. The van der Waals surface area contributed by atoms with E-state index in [9.17, 15) is 9.59 Å². The summed E-state index contributed by atoms with van der Waals surface area (Å²) in [5.74, 6) is -0.00565. The summed E-state index contributed by atoms with van der Waals surface area (Å²) in [6, 6.07) is 20.0.